The molecule has 2 aromatic rings. The van der Waals surface area contributed by atoms with Crippen LogP contribution in [0.15, 0.2) is 42.5 Å². The van der Waals surface area contributed by atoms with E-state index in [1.54, 1.807) is 17.9 Å². The molecule has 1 unspecified atom stereocenters. The van der Waals surface area contributed by atoms with Gasteiger partial charge in [-0.1, -0.05) is 29.8 Å². The molecule has 6 heteroatoms. The molecule has 0 saturated heterocycles. The maximum Gasteiger partial charge on any atom is 0.341 e. The maximum atomic E-state index is 12.6. The van der Waals surface area contributed by atoms with E-state index in [0.717, 1.165) is 17.7 Å². The predicted octanol–water partition coefficient (Wildman–Crippen LogP) is 3.06. The zero-order chi connectivity index (χ0) is 17.3. The second-order valence-corrected chi connectivity index (χ2v) is 6.08. The van der Waals surface area contributed by atoms with Gasteiger partial charge in [-0.15, -0.1) is 0 Å². The maximum absolute atomic E-state index is 12.6. The number of ether oxygens (including phenoxy) is 1. The molecule has 0 bridgehead atoms. The largest absolute Gasteiger partial charge is 0.449 e. The SMILES string of the molecule is CC(OC(=O)c1ccc(Cl)cc1N)C(=O)N1CCc2ccccc21. The van der Waals surface area contributed by atoms with E-state index >= 15 is 0 Å². The van der Waals surface area contributed by atoms with Crippen molar-refractivity contribution in [3.8, 4) is 0 Å². The number of para-hydroxylation sites is 1. The van der Waals surface area contributed by atoms with Crippen molar-refractivity contribution in [3.63, 3.8) is 0 Å². The summed E-state index contributed by atoms with van der Waals surface area (Å²) in [6, 6.07) is 12.2. The molecule has 0 radical (unpaired) electrons. The third kappa shape index (κ3) is 3.08. The van der Waals surface area contributed by atoms with E-state index in [2.05, 4.69) is 0 Å². The number of rotatable bonds is 3. The van der Waals surface area contributed by atoms with E-state index < -0.39 is 12.1 Å². The van der Waals surface area contributed by atoms with Gasteiger partial charge < -0.3 is 15.4 Å². The van der Waals surface area contributed by atoms with Gasteiger partial charge in [0.1, 0.15) is 0 Å². The van der Waals surface area contributed by atoms with Crippen LogP contribution in [-0.2, 0) is 16.0 Å². The second-order valence-electron chi connectivity index (χ2n) is 5.65. The summed E-state index contributed by atoms with van der Waals surface area (Å²) in [5.74, 6) is -0.890. The third-order valence-corrected chi connectivity index (χ3v) is 4.25. The topological polar surface area (TPSA) is 72.6 Å². The molecule has 0 aromatic heterocycles. The van der Waals surface area contributed by atoms with Crippen molar-refractivity contribution in [2.75, 3.05) is 17.2 Å². The first-order valence-electron chi connectivity index (χ1n) is 7.62. The predicted molar refractivity (Wildman–Crippen MR) is 93.2 cm³/mol. The fourth-order valence-electron chi connectivity index (χ4n) is 2.78. The average Bonchev–Trinajstić information content (AvgIpc) is 2.97. The summed E-state index contributed by atoms with van der Waals surface area (Å²) in [5, 5.41) is 0.432. The first kappa shape index (κ1) is 16.3. The van der Waals surface area contributed by atoms with Crippen LogP contribution in [0.5, 0.6) is 0 Å². The lowest BCUT2D eigenvalue weighted by atomic mass is 10.2. The summed E-state index contributed by atoms with van der Waals surface area (Å²) in [5.41, 5.74) is 8.18. The standard InChI is InChI=1S/C18H17ClN2O3/c1-11(24-18(23)14-7-6-13(19)10-15(14)20)17(22)21-9-8-12-4-2-3-5-16(12)21/h2-7,10-11H,8-9,20H2,1H3. The molecule has 2 aromatic carbocycles. The van der Waals surface area contributed by atoms with Crippen LogP contribution in [0.25, 0.3) is 0 Å². The quantitative estimate of drug-likeness (QED) is 0.686. The van der Waals surface area contributed by atoms with Crippen LogP contribution in [0.4, 0.5) is 11.4 Å². The van der Waals surface area contributed by atoms with Crippen molar-refractivity contribution in [1.29, 1.82) is 0 Å². The fourth-order valence-corrected chi connectivity index (χ4v) is 2.96. The van der Waals surface area contributed by atoms with Gasteiger partial charge in [-0.3, -0.25) is 4.79 Å². The summed E-state index contributed by atoms with van der Waals surface area (Å²) in [4.78, 5) is 26.5. The smallest absolute Gasteiger partial charge is 0.341 e. The molecule has 1 atom stereocenters. The van der Waals surface area contributed by atoms with Gasteiger partial charge in [-0.05, 0) is 43.2 Å². The molecule has 124 valence electrons. The number of hydrogen-bond acceptors (Lipinski definition) is 4. The lowest BCUT2D eigenvalue weighted by Crippen LogP contribution is -2.39. The van der Waals surface area contributed by atoms with Gasteiger partial charge in [-0.2, -0.15) is 0 Å². The molecule has 0 fully saturated rings. The Balaban J connectivity index is 1.72. The van der Waals surface area contributed by atoms with Crippen molar-refractivity contribution in [1.82, 2.24) is 0 Å². The Kier molecular flexibility index (Phi) is 4.44. The molecular formula is C18H17ClN2O3. The van der Waals surface area contributed by atoms with Crippen LogP contribution in [0.2, 0.25) is 5.02 Å². The summed E-state index contributed by atoms with van der Waals surface area (Å²) in [6.45, 7) is 2.15. The highest BCUT2D eigenvalue weighted by Gasteiger charge is 2.30. The number of fused-ring (bicyclic) bond motifs is 1. The van der Waals surface area contributed by atoms with Crippen molar-refractivity contribution < 1.29 is 14.3 Å². The molecule has 0 saturated carbocycles. The number of nitrogens with two attached hydrogens (primary N) is 1. The zero-order valence-corrected chi connectivity index (χ0v) is 13.9. The molecule has 24 heavy (non-hydrogen) atoms. The van der Waals surface area contributed by atoms with Crippen LogP contribution in [0.1, 0.15) is 22.8 Å². The highest BCUT2D eigenvalue weighted by molar-refractivity contribution is 6.31. The molecule has 3 rings (SSSR count). The Bertz CT molecular complexity index is 807. The van der Waals surface area contributed by atoms with Gasteiger partial charge in [-0.25, -0.2) is 4.79 Å². The van der Waals surface area contributed by atoms with E-state index in [4.69, 9.17) is 22.1 Å². The van der Waals surface area contributed by atoms with E-state index in [1.165, 1.54) is 12.1 Å². The van der Waals surface area contributed by atoms with E-state index in [-0.39, 0.29) is 17.2 Å². The first-order valence-corrected chi connectivity index (χ1v) is 8.00. The minimum atomic E-state index is -0.904. The van der Waals surface area contributed by atoms with Crippen LogP contribution in [0.3, 0.4) is 0 Å². The van der Waals surface area contributed by atoms with Gasteiger partial charge in [0.2, 0.25) is 0 Å². The number of carbonyl (C=O) groups excluding carboxylic acids is 2. The monoisotopic (exact) mass is 344 g/mol. The number of hydrogen-bond donors (Lipinski definition) is 1. The average molecular weight is 345 g/mol. The van der Waals surface area contributed by atoms with E-state index in [9.17, 15) is 9.59 Å². The van der Waals surface area contributed by atoms with E-state index in [1.807, 2.05) is 24.3 Å². The lowest BCUT2D eigenvalue weighted by Gasteiger charge is -2.22. The summed E-state index contributed by atoms with van der Waals surface area (Å²) < 4.78 is 5.29. The minimum Gasteiger partial charge on any atom is -0.449 e. The number of anilines is 2. The molecule has 2 N–H and O–H groups in total. The normalized spacial score (nSPS) is 14.2. The van der Waals surface area contributed by atoms with Gasteiger partial charge in [0.25, 0.3) is 5.91 Å². The molecule has 0 spiro atoms. The molecule has 1 aliphatic rings. The van der Waals surface area contributed by atoms with Crippen LogP contribution in [0, 0.1) is 0 Å². The minimum absolute atomic E-state index is 0.195. The zero-order valence-electron chi connectivity index (χ0n) is 13.2. The van der Waals surface area contributed by atoms with Crippen molar-refractivity contribution in [2.24, 2.45) is 0 Å². The van der Waals surface area contributed by atoms with Crippen molar-refractivity contribution in [2.45, 2.75) is 19.4 Å². The number of nitrogen functional groups attached to an aromatic ring is 1. The number of amides is 1. The summed E-state index contributed by atoms with van der Waals surface area (Å²) in [6.07, 6.45) is -0.106. The molecule has 1 amide bonds. The number of esters is 1. The highest BCUT2D eigenvalue weighted by Crippen LogP contribution is 2.28. The van der Waals surface area contributed by atoms with Gasteiger partial charge in [0.05, 0.1) is 5.56 Å². The van der Waals surface area contributed by atoms with Crippen LogP contribution in [-0.4, -0.2) is 24.5 Å². The van der Waals surface area contributed by atoms with E-state index in [0.29, 0.717) is 11.6 Å². The van der Waals surface area contributed by atoms with Crippen molar-refractivity contribution in [3.05, 3.63) is 58.6 Å². The molecule has 1 aliphatic heterocycles. The Hall–Kier alpha value is -2.53. The Labute approximate surface area is 145 Å². The number of carbonyl (C=O) groups is 2. The first-order chi connectivity index (χ1) is 11.5. The van der Waals surface area contributed by atoms with Crippen LogP contribution < -0.4 is 10.6 Å². The fraction of sp³-hybridized carbons (Fsp3) is 0.222. The number of halogens is 1. The highest BCUT2D eigenvalue weighted by atomic mass is 35.5. The Morgan fingerprint density at radius 1 is 1.25 bits per heavy atom. The molecule has 5 nitrogen and oxygen atoms in total. The van der Waals surface area contributed by atoms with Crippen LogP contribution >= 0.6 is 11.6 Å². The number of nitrogens with zero attached hydrogens (tertiary/aromatic N) is 1. The lowest BCUT2D eigenvalue weighted by molar-refractivity contribution is -0.126. The van der Waals surface area contributed by atoms with Crippen molar-refractivity contribution >= 4 is 34.9 Å². The van der Waals surface area contributed by atoms with Gasteiger partial charge in [0.15, 0.2) is 6.10 Å². The Morgan fingerprint density at radius 2 is 2.00 bits per heavy atom. The summed E-state index contributed by atoms with van der Waals surface area (Å²) in [7, 11) is 0. The summed E-state index contributed by atoms with van der Waals surface area (Å²) >= 11 is 5.82. The number of benzene rings is 2. The molecule has 0 aliphatic carbocycles. The Morgan fingerprint density at radius 3 is 2.75 bits per heavy atom. The molecule has 1 heterocycles. The third-order valence-electron chi connectivity index (χ3n) is 4.02. The van der Waals surface area contributed by atoms with Gasteiger partial charge >= 0.3 is 5.97 Å². The van der Waals surface area contributed by atoms with Gasteiger partial charge in [0, 0.05) is 22.9 Å². The molecular weight excluding hydrogens is 328 g/mol. The second kappa shape index (κ2) is 6.53.